The first kappa shape index (κ1) is 14.8. The molecule has 22 heavy (non-hydrogen) atoms. The first-order valence-electron chi connectivity index (χ1n) is 6.53. The van der Waals surface area contributed by atoms with Crippen molar-refractivity contribution >= 4 is 45.8 Å². The molecule has 1 amide bonds. The van der Waals surface area contributed by atoms with Gasteiger partial charge in [-0.1, -0.05) is 47.6 Å². The number of Topliss-reactive ketones (excluding diaryl/α,β-unsaturated/α-hetero) is 1. The van der Waals surface area contributed by atoms with Crippen molar-refractivity contribution in [3.63, 3.8) is 0 Å². The maximum absolute atomic E-state index is 12.3. The number of ketones is 1. The van der Waals surface area contributed by atoms with E-state index in [-0.39, 0.29) is 16.7 Å². The molecule has 4 nitrogen and oxygen atoms in total. The van der Waals surface area contributed by atoms with E-state index in [0.29, 0.717) is 16.3 Å². The van der Waals surface area contributed by atoms with Gasteiger partial charge in [-0.15, -0.1) is 0 Å². The monoisotopic (exact) mass is 330 g/mol. The zero-order valence-corrected chi connectivity index (χ0v) is 13.2. The number of halogens is 1. The normalized spacial score (nSPS) is 15.0. The molecule has 0 saturated carbocycles. The highest BCUT2D eigenvalue weighted by Crippen LogP contribution is 2.34. The molecule has 0 spiro atoms. The fraction of sp³-hybridized carbons (Fsp3) is 0.0625. The van der Waals surface area contributed by atoms with Gasteiger partial charge in [0, 0.05) is 17.4 Å². The molecule has 1 heterocycles. The number of para-hydroxylation sites is 1. The molecule has 1 aliphatic heterocycles. The van der Waals surface area contributed by atoms with Gasteiger partial charge in [0.15, 0.2) is 5.04 Å². The van der Waals surface area contributed by atoms with Crippen LogP contribution in [0.25, 0.3) is 0 Å². The van der Waals surface area contributed by atoms with Crippen molar-refractivity contribution in [2.45, 2.75) is 11.8 Å². The van der Waals surface area contributed by atoms with E-state index in [1.54, 1.807) is 36.4 Å². The zero-order chi connectivity index (χ0) is 15.7. The summed E-state index contributed by atoms with van der Waals surface area (Å²) in [4.78, 5) is 25.1. The Kier molecular flexibility index (Phi) is 4.00. The molecule has 2 aromatic rings. The molecule has 6 heteroatoms. The fourth-order valence-electron chi connectivity index (χ4n) is 2.08. The van der Waals surface area contributed by atoms with Gasteiger partial charge in [-0.05, 0) is 24.3 Å². The topological polar surface area (TPSA) is 49.7 Å². The third kappa shape index (κ3) is 2.65. The highest BCUT2D eigenvalue weighted by Gasteiger charge is 2.29. The van der Waals surface area contributed by atoms with Crippen LogP contribution in [-0.4, -0.2) is 16.7 Å². The molecule has 0 aromatic heterocycles. The average Bonchev–Trinajstić information content (AvgIpc) is 2.82. The van der Waals surface area contributed by atoms with Crippen molar-refractivity contribution in [3.05, 3.63) is 59.1 Å². The van der Waals surface area contributed by atoms with Gasteiger partial charge in [-0.2, -0.15) is 10.1 Å². The quantitative estimate of drug-likeness (QED) is 0.782. The highest BCUT2D eigenvalue weighted by atomic mass is 35.5. The summed E-state index contributed by atoms with van der Waals surface area (Å²) >= 11 is 7.37. The van der Waals surface area contributed by atoms with Crippen molar-refractivity contribution in [2.24, 2.45) is 5.10 Å². The van der Waals surface area contributed by atoms with Crippen molar-refractivity contribution in [1.29, 1.82) is 0 Å². The van der Waals surface area contributed by atoms with Crippen molar-refractivity contribution in [3.8, 4) is 0 Å². The van der Waals surface area contributed by atoms with Crippen LogP contribution >= 0.6 is 23.4 Å². The van der Waals surface area contributed by atoms with Crippen molar-refractivity contribution in [2.75, 3.05) is 5.01 Å². The van der Waals surface area contributed by atoms with Gasteiger partial charge in [-0.25, -0.2) is 0 Å². The summed E-state index contributed by atoms with van der Waals surface area (Å²) in [7, 11) is 0. The lowest BCUT2D eigenvalue weighted by atomic mass is 10.1. The number of hydrogen-bond acceptors (Lipinski definition) is 4. The van der Waals surface area contributed by atoms with Crippen molar-refractivity contribution < 1.29 is 9.59 Å². The zero-order valence-electron chi connectivity index (χ0n) is 11.6. The summed E-state index contributed by atoms with van der Waals surface area (Å²) in [5, 5.41) is 6.05. The molecule has 0 saturated heterocycles. The van der Waals surface area contributed by atoms with Gasteiger partial charge in [0.05, 0.1) is 10.7 Å². The number of rotatable bonds is 2. The van der Waals surface area contributed by atoms with E-state index in [2.05, 4.69) is 5.10 Å². The lowest BCUT2D eigenvalue weighted by Crippen LogP contribution is -2.25. The minimum absolute atomic E-state index is 0.182. The molecule has 2 aromatic carbocycles. The fourth-order valence-corrected chi connectivity index (χ4v) is 3.25. The van der Waals surface area contributed by atoms with E-state index in [0.717, 1.165) is 9.90 Å². The number of benzene rings is 2. The second-order valence-electron chi connectivity index (χ2n) is 4.61. The van der Waals surface area contributed by atoms with E-state index in [4.69, 9.17) is 11.6 Å². The standard InChI is InChI=1S/C16H11ClN2O2S/c1-10(20)19(13-8-4-3-7-12(13)17)18-16-15(21)11-6-2-5-9-14(11)22-16/h2-9H,1H3/b18-16-. The summed E-state index contributed by atoms with van der Waals surface area (Å²) < 4.78 is 0. The predicted molar refractivity (Wildman–Crippen MR) is 88.7 cm³/mol. The Hall–Kier alpha value is -2.11. The van der Waals surface area contributed by atoms with Gasteiger partial charge in [-0.3, -0.25) is 9.59 Å². The molecule has 3 rings (SSSR count). The predicted octanol–water partition coefficient (Wildman–Crippen LogP) is 4.00. The third-order valence-corrected chi connectivity index (χ3v) is 4.46. The highest BCUT2D eigenvalue weighted by molar-refractivity contribution is 8.16. The molecule has 0 atom stereocenters. The van der Waals surface area contributed by atoms with Gasteiger partial charge in [0.2, 0.25) is 11.7 Å². The Balaban J connectivity index is 2.01. The number of amides is 1. The van der Waals surface area contributed by atoms with E-state index in [1.807, 2.05) is 12.1 Å². The van der Waals surface area contributed by atoms with Gasteiger partial charge < -0.3 is 0 Å². The summed E-state index contributed by atoms with van der Waals surface area (Å²) in [6, 6.07) is 14.2. The molecule has 110 valence electrons. The van der Waals surface area contributed by atoms with Crippen LogP contribution in [0.3, 0.4) is 0 Å². The largest absolute Gasteiger partial charge is 0.286 e. The Bertz CT molecular complexity index is 804. The number of nitrogens with zero attached hydrogens (tertiary/aromatic N) is 2. The van der Waals surface area contributed by atoms with Crippen LogP contribution in [0.15, 0.2) is 58.5 Å². The lowest BCUT2D eigenvalue weighted by molar-refractivity contribution is -0.116. The minimum Gasteiger partial charge on any atom is -0.286 e. The maximum atomic E-state index is 12.3. The number of hydrazone groups is 1. The van der Waals surface area contributed by atoms with Crippen LogP contribution in [-0.2, 0) is 4.79 Å². The molecular weight excluding hydrogens is 320 g/mol. The van der Waals surface area contributed by atoms with Crippen LogP contribution in [0.4, 0.5) is 5.69 Å². The SMILES string of the molecule is CC(=O)N(/N=C1\Sc2ccccc2C1=O)c1ccccc1Cl. The summed E-state index contributed by atoms with van der Waals surface area (Å²) in [5.74, 6) is -0.496. The molecular formula is C16H11ClN2O2S. The number of thioether (sulfide) groups is 1. The molecule has 0 unspecified atom stereocenters. The van der Waals surface area contributed by atoms with E-state index >= 15 is 0 Å². The second kappa shape index (κ2) is 5.94. The third-order valence-electron chi connectivity index (χ3n) is 3.10. The molecule has 0 aliphatic carbocycles. The van der Waals surface area contributed by atoms with Crippen LogP contribution in [0.2, 0.25) is 5.02 Å². The van der Waals surface area contributed by atoms with Gasteiger partial charge in [0.1, 0.15) is 0 Å². The van der Waals surface area contributed by atoms with Gasteiger partial charge in [0.25, 0.3) is 0 Å². The Labute approximate surface area is 136 Å². The van der Waals surface area contributed by atoms with Crippen LogP contribution in [0.1, 0.15) is 17.3 Å². The van der Waals surface area contributed by atoms with E-state index in [9.17, 15) is 9.59 Å². The Morgan fingerprint density at radius 2 is 1.82 bits per heavy atom. The maximum Gasteiger partial charge on any atom is 0.244 e. The van der Waals surface area contributed by atoms with E-state index < -0.39 is 0 Å². The van der Waals surface area contributed by atoms with E-state index in [1.165, 1.54) is 18.7 Å². The lowest BCUT2D eigenvalue weighted by Gasteiger charge is -2.16. The second-order valence-corrected chi connectivity index (χ2v) is 6.05. The number of anilines is 1. The number of fused-ring (bicyclic) bond motifs is 1. The molecule has 0 fully saturated rings. The Morgan fingerprint density at radius 3 is 2.50 bits per heavy atom. The Morgan fingerprint density at radius 1 is 1.14 bits per heavy atom. The number of carbonyl (C=O) groups is 2. The number of hydrogen-bond donors (Lipinski definition) is 0. The van der Waals surface area contributed by atoms with Crippen LogP contribution in [0, 0.1) is 0 Å². The summed E-state index contributed by atoms with van der Waals surface area (Å²) in [6.07, 6.45) is 0. The molecule has 1 aliphatic rings. The first-order valence-corrected chi connectivity index (χ1v) is 7.73. The molecule has 0 N–H and O–H groups in total. The molecule has 0 radical (unpaired) electrons. The van der Waals surface area contributed by atoms with Gasteiger partial charge >= 0.3 is 0 Å². The average molecular weight is 331 g/mol. The summed E-state index contributed by atoms with van der Waals surface area (Å²) in [5.41, 5.74) is 1.06. The summed E-state index contributed by atoms with van der Waals surface area (Å²) in [6.45, 7) is 1.38. The first-order chi connectivity index (χ1) is 10.6. The van der Waals surface area contributed by atoms with Crippen molar-refractivity contribution in [1.82, 2.24) is 0 Å². The van der Waals surface area contributed by atoms with Crippen LogP contribution in [0.5, 0.6) is 0 Å². The smallest absolute Gasteiger partial charge is 0.244 e. The number of carbonyl (C=O) groups excluding carboxylic acids is 2. The van der Waals surface area contributed by atoms with Crippen LogP contribution < -0.4 is 5.01 Å². The minimum atomic E-state index is -0.315. The molecule has 0 bridgehead atoms.